The quantitative estimate of drug-likeness (QED) is 0.901. The van der Waals surface area contributed by atoms with Crippen LogP contribution in [-0.4, -0.2) is 36.0 Å². The fourth-order valence-electron chi connectivity index (χ4n) is 4.44. The summed E-state index contributed by atoms with van der Waals surface area (Å²) in [7, 11) is 1.85. The van der Waals surface area contributed by atoms with Gasteiger partial charge in [-0.25, -0.2) is 8.78 Å². The Bertz CT molecular complexity index is 609. The molecule has 132 valence electrons. The molecule has 0 radical (unpaired) electrons. The van der Waals surface area contributed by atoms with Gasteiger partial charge in [-0.3, -0.25) is 4.79 Å². The van der Waals surface area contributed by atoms with E-state index in [0.717, 1.165) is 12.8 Å². The Labute approximate surface area is 147 Å². The summed E-state index contributed by atoms with van der Waals surface area (Å²) in [5, 5.41) is 3.57. The number of fused-ring (bicyclic) bond motifs is 2. The molecule has 1 amide bonds. The molecule has 1 aromatic rings. The molecule has 1 N–H and O–H groups in total. The molecule has 3 fully saturated rings. The van der Waals surface area contributed by atoms with E-state index in [2.05, 4.69) is 5.32 Å². The van der Waals surface area contributed by atoms with Crippen LogP contribution < -0.4 is 5.32 Å². The van der Waals surface area contributed by atoms with E-state index >= 15 is 0 Å². The Hall–Kier alpha value is -1.20. The summed E-state index contributed by atoms with van der Waals surface area (Å²) in [6.45, 7) is 0. The molecule has 2 heterocycles. The summed E-state index contributed by atoms with van der Waals surface area (Å²) in [6, 6.07) is 5.21. The lowest BCUT2D eigenvalue weighted by Gasteiger charge is -2.35. The molecule has 4 rings (SSSR count). The van der Waals surface area contributed by atoms with Crippen molar-refractivity contribution in [1.29, 1.82) is 0 Å². The normalized spacial score (nSPS) is 33.7. The second-order valence-electron chi connectivity index (χ2n) is 7.30. The van der Waals surface area contributed by atoms with Gasteiger partial charge in [-0.2, -0.15) is 0 Å². The molecule has 3 nitrogen and oxygen atoms in total. The monoisotopic (exact) mass is 356 g/mol. The zero-order valence-electron chi connectivity index (χ0n) is 13.7. The molecule has 4 unspecified atom stereocenters. The van der Waals surface area contributed by atoms with Gasteiger partial charge in [0.05, 0.1) is 0 Å². The van der Waals surface area contributed by atoms with E-state index in [-0.39, 0.29) is 41.8 Å². The second-order valence-corrected chi connectivity index (χ2v) is 7.30. The van der Waals surface area contributed by atoms with Crippen LogP contribution in [0, 0.1) is 17.6 Å². The molecule has 0 aromatic heterocycles. The maximum absolute atomic E-state index is 13.9. The molecule has 2 aliphatic heterocycles. The number of piperidine rings is 1. The zero-order valence-corrected chi connectivity index (χ0v) is 14.5. The number of amides is 1. The molecule has 0 spiro atoms. The molecule has 1 saturated carbocycles. The first kappa shape index (κ1) is 17.6. The van der Waals surface area contributed by atoms with Crippen molar-refractivity contribution in [2.75, 3.05) is 7.05 Å². The van der Waals surface area contributed by atoms with Crippen molar-refractivity contribution in [3.05, 3.63) is 35.4 Å². The van der Waals surface area contributed by atoms with E-state index in [1.54, 1.807) is 0 Å². The van der Waals surface area contributed by atoms with E-state index in [1.165, 1.54) is 31.0 Å². The highest BCUT2D eigenvalue weighted by Gasteiger charge is 2.49. The minimum Gasteiger partial charge on any atom is -0.342 e. The highest BCUT2D eigenvalue weighted by Crippen LogP contribution is 2.50. The number of nitrogens with zero attached hydrogens (tertiary/aromatic N) is 1. The van der Waals surface area contributed by atoms with Crippen molar-refractivity contribution in [3.8, 4) is 0 Å². The summed E-state index contributed by atoms with van der Waals surface area (Å²) < 4.78 is 27.7. The Morgan fingerprint density at radius 1 is 1.12 bits per heavy atom. The SMILES string of the molecule is CN(C(=O)C1CC1c1c(F)cccc1F)C1CC2CCC(C1)N2.Cl. The first-order chi connectivity index (χ1) is 11.0. The van der Waals surface area contributed by atoms with E-state index < -0.39 is 11.6 Å². The molecular weight excluding hydrogens is 334 g/mol. The summed E-state index contributed by atoms with van der Waals surface area (Å²) in [4.78, 5) is 14.5. The minimum atomic E-state index is -0.534. The van der Waals surface area contributed by atoms with Crippen LogP contribution in [0.15, 0.2) is 18.2 Å². The van der Waals surface area contributed by atoms with E-state index in [9.17, 15) is 13.6 Å². The number of hydrogen-bond acceptors (Lipinski definition) is 2. The van der Waals surface area contributed by atoms with E-state index in [1.807, 2.05) is 11.9 Å². The fraction of sp³-hybridized carbons (Fsp3) is 0.611. The van der Waals surface area contributed by atoms with Crippen LogP contribution in [0.5, 0.6) is 0 Å². The molecule has 24 heavy (non-hydrogen) atoms. The third-order valence-corrected chi connectivity index (χ3v) is 5.82. The van der Waals surface area contributed by atoms with Gasteiger partial charge in [0.2, 0.25) is 5.91 Å². The molecular formula is C18H23ClF2N2O. The predicted molar refractivity (Wildman–Crippen MR) is 90.2 cm³/mol. The van der Waals surface area contributed by atoms with Gasteiger partial charge in [0.25, 0.3) is 0 Å². The first-order valence-electron chi connectivity index (χ1n) is 8.51. The average Bonchev–Trinajstić information content (AvgIpc) is 3.24. The van der Waals surface area contributed by atoms with Crippen molar-refractivity contribution in [1.82, 2.24) is 10.2 Å². The molecule has 2 bridgehead atoms. The smallest absolute Gasteiger partial charge is 0.226 e. The number of carbonyl (C=O) groups is 1. The van der Waals surface area contributed by atoms with Crippen LogP contribution in [-0.2, 0) is 4.79 Å². The van der Waals surface area contributed by atoms with Gasteiger partial charge < -0.3 is 10.2 Å². The van der Waals surface area contributed by atoms with Gasteiger partial charge in [0.1, 0.15) is 11.6 Å². The van der Waals surface area contributed by atoms with Gasteiger partial charge in [0, 0.05) is 42.6 Å². The largest absolute Gasteiger partial charge is 0.342 e. The third kappa shape index (κ3) is 3.04. The van der Waals surface area contributed by atoms with E-state index in [4.69, 9.17) is 0 Å². The Balaban J connectivity index is 0.00000169. The van der Waals surface area contributed by atoms with Crippen LogP contribution in [0.3, 0.4) is 0 Å². The molecule has 1 aliphatic carbocycles. The number of benzene rings is 1. The summed E-state index contributed by atoms with van der Waals surface area (Å²) in [5.74, 6) is -1.59. The molecule has 2 saturated heterocycles. The Morgan fingerprint density at radius 2 is 1.71 bits per heavy atom. The number of hydrogen-bond donors (Lipinski definition) is 1. The average molecular weight is 357 g/mol. The Morgan fingerprint density at radius 3 is 2.29 bits per heavy atom. The van der Waals surface area contributed by atoms with Gasteiger partial charge in [-0.05, 0) is 44.2 Å². The lowest BCUT2D eigenvalue weighted by Crippen LogP contribution is -2.49. The standard InChI is InChI=1S/C18H22F2N2O.ClH/c1-22(12-7-10-5-6-11(8-12)21-10)18(23)14-9-13(14)17-15(19)3-2-4-16(17)20;/h2-4,10-14,21H,5-9H2,1H3;1H. The van der Waals surface area contributed by atoms with Gasteiger partial charge in [-0.1, -0.05) is 6.07 Å². The Kier molecular flexibility index (Phi) is 4.85. The topological polar surface area (TPSA) is 32.3 Å². The van der Waals surface area contributed by atoms with Gasteiger partial charge >= 0.3 is 0 Å². The maximum atomic E-state index is 13.9. The van der Waals surface area contributed by atoms with Crippen molar-refractivity contribution in [2.45, 2.75) is 56.1 Å². The van der Waals surface area contributed by atoms with Crippen molar-refractivity contribution >= 4 is 18.3 Å². The fourth-order valence-corrected chi connectivity index (χ4v) is 4.44. The highest BCUT2D eigenvalue weighted by atomic mass is 35.5. The van der Waals surface area contributed by atoms with Crippen LogP contribution in [0.25, 0.3) is 0 Å². The predicted octanol–water partition coefficient (Wildman–Crippen LogP) is 3.23. The number of nitrogens with one attached hydrogen (secondary N) is 1. The first-order valence-corrected chi connectivity index (χ1v) is 8.51. The molecule has 4 atom stereocenters. The minimum absolute atomic E-state index is 0. The van der Waals surface area contributed by atoms with Gasteiger partial charge in [-0.15, -0.1) is 12.4 Å². The van der Waals surface area contributed by atoms with E-state index in [0.29, 0.717) is 18.5 Å². The number of carbonyl (C=O) groups excluding carboxylic acids is 1. The van der Waals surface area contributed by atoms with Gasteiger partial charge in [0.15, 0.2) is 0 Å². The summed E-state index contributed by atoms with van der Waals surface area (Å²) in [6.07, 6.45) is 4.92. The second kappa shape index (κ2) is 6.60. The zero-order chi connectivity index (χ0) is 16.1. The van der Waals surface area contributed by atoms with Crippen LogP contribution >= 0.6 is 12.4 Å². The third-order valence-electron chi connectivity index (χ3n) is 5.82. The summed E-state index contributed by atoms with van der Waals surface area (Å²) in [5.41, 5.74) is 0.0876. The molecule has 1 aromatic carbocycles. The number of halogens is 3. The van der Waals surface area contributed by atoms with Crippen molar-refractivity contribution in [3.63, 3.8) is 0 Å². The van der Waals surface area contributed by atoms with Crippen LogP contribution in [0.2, 0.25) is 0 Å². The maximum Gasteiger partial charge on any atom is 0.226 e. The number of rotatable bonds is 3. The molecule has 3 aliphatic rings. The van der Waals surface area contributed by atoms with Crippen molar-refractivity contribution < 1.29 is 13.6 Å². The lowest BCUT2D eigenvalue weighted by molar-refractivity contribution is -0.134. The molecule has 6 heteroatoms. The van der Waals surface area contributed by atoms with Crippen molar-refractivity contribution in [2.24, 2.45) is 5.92 Å². The summed E-state index contributed by atoms with van der Waals surface area (Å²) >= 11 is 0. The van der Waals surface area contributed by atoms with Crippen LogP contribution in [0.4, 0.5) is 8.78 Å². The van der Waals surface area contributed by atoms with Crippen LogP contribution in [0.1, 0.15) is 43.6 Å². The highest BCUT2D eigenvalue weighted by molar-refractivity contribution is 5.85. The lowest BCUT2D eigenvalue weighted by atomic mass is 9.98.